The normalized spacial score (nSPS) is 9.53. The van der Waals surface area contributed by atoms with Crippen LogP contribution in [-0.2, 0) is 4.74 Å². The Bertz CT molecular complexity index is 100. The van der Waals surface area contributed by atoms with E-state index < -0.39 is 0 Å². The van der Waals surface area contributed by atoms with Crippen LogP contribution in [0.4, 0.5) is 0 Å². The summed E-state index contributed by atoms with van der Waals surface area (Å²) in [7, 11) is 0. The molecule has 0 fully saturated rings. The van der Waals surface area contributed by atoms with E-state index in [4.69, 9.17) is 4.74 Å². The first-order valence-electron chi connectivity index (χ1n) is 6.99. The van der Waals surface area contributed by atoms with Gasteiger partial charge in [-0.15, -0.1) is 0 Å². The molecule has 0 spiro atoms. The van der Waals surface area contributed by atoms with Crippen molar-refractivity contribution in [2.24, 2.45) is 0 Å². The van der Waals surface area contributed by atoms with Gasteiger partial charge in [0.15, 0.2) is 0 Å². The van der Waals surface area contributed by atoms with Crippen molar-refractivity contribution in [2.45, 2.75) is 78.1 Å². The van der Waals surface area contributed by atoms with Gasteiger partial charge in [-0.1, -0.05) is 64.7 Å². The first-order chi connectivity index (χ1) is 7.41. The second-order valence-corrected chi connectivity index (χ2v) is 4.38. The van der Waals surface area contributed by atoms with E-state index in [1.165, 1.54) is 64.2 Å². The minimum atomic E-state index is 0. The molecule has 0 saturated carbocycles. The van der Waals surface area contributed by atoms with E-state index in [1.54, 1.807) is 0 Å². The molecule has 0 aromatic carbocycles. The van der Waals surface area contributed by atoms with Crippen molar-refractivity contribution in [3.8, 4) is 0 Å². The molecule has 0 saturated heterocycles. The summed E-state index contributed by atoms with van der Waals surface area (Å²) in [4.78, 5) is 0. The van der Waals surface area contributed by atoms with Gasteiger partial charge in [0.1, 0.15) is 0 Å². The molecule has 0 aliphatic carbocycles. The van der Waals surface area contributed by atoms with Gasteiger partial charge >= 0.3 is 56.1 Å². The van der Waals surface area contributed by atoms with E-state index in [0.29, 0.717) is 0 Å². The van der Waals surface area contributed by atoms with Crippen molar-refractivity contribution in [3.05, 3.63) is 0 Å². The molecule has 0 bridgehead atoms. The molecular formula is C14H33NaOPo. The number of hydrogen-bond acceptors (Lipinski definition) is 1. The summed E-state index contributed by atoms with van der Waals surface area (Å²) in [5.74, 6) is 0. The zero-order valence-corrected chi connectivity index (χ0v) is 15.3. The summed E-state index contributed by atoms with van der Waals surface area (Å²) in [5, 5.41) is 0. The number of ether oxygens (including phenoxy) is 1. The van der Waals surface area contributed by atoms with Crippen LogP contribution >= 0.6 is 0 Å². The van der Waals surface area contributed by atoms with Crippen molar-refractivity contribution in [1.29, 1.82) is 0 Å². The third-order valence-electron chi connectivity index (χ3n) is 2.85. The summed E-state index contributed by atoms with van der Waals surface area (Å²) in [6.45, 7) is 6.18. The Balaban J connectivity index is -0.000000980. The molecule has 0 aromatic rings. The summed E-state index contributed by atoms with van der Waals surface area (Å²) >= 11 is 0. The van der Waals surface area contributed by atoms with Crippen LogP contribution in [0.1, 0.15) is 78.1 Å². The molecule has 0 amide bonds. The quantitative estimate of drug-likeness (QED) is 0.328. The molecule has 3 heteroatoms. The Morgan fingerprint density at radius 1 is 0.647 bits per heavy atom. The third-order valence-corrected chi connectivity index (χ3v) is 2.85. The molecule has 17 heavy (non-hydrogen) atoms. The molecular weight excluding hydrogens is 416 g/mol. The van der Waals surface area contributed by atoms with Gasteiger partial charge in [0.05, 0.1) is 0 Å². The Hall–Kier alpha value is 1.86. The van der Waals surface area contributed by atoms with E-state index in [0.717, 1.165) is 13.2 Å². The van der Waals surface area contributed by atoms with Crippen LogP contribution in [0.25, 0.3) is 0 Å². The van der Waals surface area contributed by atoms with Gasteiger partial charge in [0, 0.05) is 13.2 Å². The number of hydrogen-bond donors (Lipinski definition) is 0. The van der Waals surface area contributed by atoms with Gasteiger partial charge in [-0.3, -0.25) is 0 Å². The molecule has 0 N–H and O–H groups in total. The van der Waals surface area contributed by atoms with Crippen molar-refractivity contribution < 1.29 is 4.74 Å². The Morgan fingerprint density at radius 2 is 1.06 bits per heavy atom. The summed E-state index contributed by atoms with van der Waals surface area (Å²) in [6.07, 6.45) is 14.0. The summed E-state index contributed by atoms with van der Waals surface area (Å²) in [6, 6.07) is 0. The standard InChI is InChI=1S/C14H30O.Na.Po.3H/c1-3-5-6-7-8-9-10-11-12-13-14-15-4-2;;;;;/h3-14H2,1-2H3;;;;;. The van der Waals surface area contributed by atoms with Crippen molar-refractivity contribution in [2.75, 3.05) is 13.2 Å². The maximum absolute atomic E-state index is 5.31. The van der Waals surface area contributed by atoms with Gasteiger partial charge in [-0.25, -0.2) is 0 Å². The first kappa shape index (κ1) is 23.9. The topological polar surface area (TPSA) is 9.23 Å². The Labute approximate surface area is 151 Å². The van der Waals surface area contributed by atoms with Crippen molar-refractivity contribution in [1.82, 2.24) is 0 Å². The van der Waals surface area contributed by atoms with Gasteiger partial charge in [0.2, 0.25) is 0 Å². The predicted octanol–water partition coefficient (Wildman–Crippen LogP) is 3.38. The average Bonchev–Trinajstić information content (AvgIpc) is 2.26. The Kier molecular flexibility index (Phi) is 32.3. The van der Waals surface area contributed by atoms with Gasteiger partial charge in [0.25, 0.3) is 0 Å². The van der Waals surface area contributed by atoms with Crippen LogP contribution < -0.4 is 0 Å². The maximum atomic E-state index is 5.31. The fraction of sp³-hybridized carbons (Fsp3) is 1.00. The second kappa shape index (κ2) is 23.0. The van der Waals surface area contributed by atoms with E-state index in [2.05, 4.69) is 13.8 Å². The first-order valence-corrected chi connectivity index (χ1v) is 6.99. The van der Waals surface area contributed by atoms with Gasteiger partial charge in [-0.2, -0.15) is 0 Å². The molecule has 0 atom stereocenters. The minimum absolute atomic E-state index is 0. The second-order valence-electron chi connectivity index (χ2n) is 4.38. The van der Waals surface area contributed by atoms with E-state index in [9.17, 15) is 0 Å². The van der Waals surface area contributed by atoms with Crippen LogP contribution in [0.3, 0.4) is 0 Å². The van der Waals surface area contributed by atoms with Gasteiger partial charge < -0.3 is 4.74 Å². The molecule has 0 radical (unpaired) electrons. The molecule has 0 aliphatic heterocycles. The molecule has 0 aromatic heterocycles. The third kappa shape index (κ3) is 23.4. The molecule has 0 unspecified atom stereocenters. The van der Waals surface area contributed by atoms with Crippen LogP contribution in [0.15, 0.2) is 0 Å². The van der Waals surface area contributed by atoms with Crippen LogP contribution in [0.5, 0.6) is 0 Å². The zero-order valence-electron chi connectivity index (χ0n) is 11.4. The van der Waals surface area contributed by atoms with Crippen LogP contribution in [0.2, 0.25) is 0 Å². The van der Waals surface area contributed by atoms with Gasteiger partial charge in [-0.05, 0) is 13.3 Å². The molecule has 0 heterocycles. The fourth-order valence-electron chi connectivity index (χ4n) is 1.84. The predicted molar refractivity (Wildman–Crippen MR) is 84.0 cm³/mol. The van der Waals surface area contributed by atoms with Crippen molar-refractivity contribution in [3.63, 3.8) is 0 Å². The van der Waals surface area contributed by atoms with E-state index in [1.807, 2.05) is 0 Å². The molecule has 0 rings (SSSR count). The number of unbranched alkanes of at least 4 members (excludes halogenated alkanes) is 9. The fourth-order valence-corrected chi connectivity index (χ4v) is 1.84. The molecule has 102 valence electrons. The molecule has 1 nitrogen and oxygen atoms in total. The van der Waals surface area contributed by atoms with E-state index in [-0.39, 0.29) is 56.1 Å². The zero-order chi connectivity index (χ0) is 11.2. The summed E-state index contributed by atoms with van der Waals surface area (Å²) < 4.78 is 5.31. The van der Waals surface area contributed by atoms with Crippen molar-refractivity contribution >= 4 is 56.1 Å². The average molecular weight is 449 g/mol. The Morgan fingerprint density at radius 3 is 1.47 bits per heavy atom. The number of rotatable bonds is 12. The summed E-state index contributed by atoms with van der Waals surface area (Å²) in [5.41, 5.74) is 0. The molecule has 0 aliphatic rings. The van der Waals surface area contributed by atoms with Crippen LogP contribution in [0, 0.1) is 0 Å². The SMILES string of the molecule is CCCCCCCCCCCCOCC.[NaH].[PoH2]. The monoisotopic (exact) mass is 449 g/mol. The van der Waals surface area contributed by atoms with Crippen LogP contribution in [-0.4, -0.2) is 69.3 Å². The van der Waals surface area contributed by atoms with E-state index >= 15 is 0 Å².